The van der Waals surface area contributed by atoms with E-state index in [9.17, 15) is 29.9 Å². The van der Waals surface area contributed by atoms with Crippen molar-refractivity contribution in [2.24, 2.45) is 22.9 Å². The number of benzene rings is 2. The quantitative estimate of drug-likeness (QED) is 0.0292. The average Bonchev–Trinajstić information content (AvgIpc) is 3.32. The van der Waals surface area contributed by atoms with E-state index in [4.69, 9.17) is 28.9 Å². The maximum Gasteiger partial charge on any atom is 0.415 e. The third-order valence-corrected chi connectivity index (χ3v) is 13.3. The number of carbonyl (C=O) groups excluding carboxylic acids is 2. The van der Waals surface area contributed by atoms with E-state index in [1.807, 2.05) is 19.9 Å². The van der Waals surface area contributed by atoms with Crippen LogP contribution in [0.4, 0.5) is 15.3 Å². The SMILES string of the molecule is C=CCO[C@@]12Oc3ccc(OC(=O)NCCCCCCCCCCCC)cc3[C@H]3[C@H](CCCCO)[C@@H](CCCCO)C=C(C(=NOCC)C[C@@H]1N(CCC)C(=O)Oc1ccc([N+](=O)[O-])cc1)[C@H]32. The molecule has 0 saturated heterocycles. The highest BCUT2D eigenvalue weighted by atomic mass is 16.7. The van der Waals surface area contributed by atoms with Gasteiger partial charge in [-0.25, -0.2) is 9.59 Å². The Kier molecular flexibility index (Phi) is 21.9. The van der Waals surface area contributed by atoms with Gasteiger partial charge in [-0.3, -0.25) is 15.0 Å². The van der Waals surface area contributed by atoms with Crippen LogP contribution < -0.4 is 19.5 Å². The lowest BCUT2D eigenvalue weighted by molar-refractivity contribution is -0.384. The Balaban J connectivity index is 1.54. The number of fused-ring (bicyclic) bond motifs is 2. The van der Waals surface area contributed by atoms with E-state index in [2.05, 4.69) is 24.9 Å². The van der Waals surface area contributed by atoms with Crippen LogP contribution in [0.25, 0.3) is 0 Å². The first-order valence-corrected chi connectivity index (χ1v) is 25.0. The van der Waals surface area contributed by atoms with Crippen LogP contribution in [0.15, 0.2) is 71.9 Å². The van der Waals surface area contributed by atoms with E-state index in [0.29, 0.717) is 49.6 Å². The fourth-order valence-electron chi connectivity index (χ4n) is 10.2. The van der Waals surface area contributed by atoms with Gasteiger partial charge >= 0.3 is 12.2 Å². The van der Waals surface area contributed by atoms with Gasteiger partial charge in [-0.2, -0.15) is 0 Å². The lowest BCUT2D eigenvalue weighted by atomic mass is 9.55. The number of ether oxygens (including phenoxy) is 4. The smallest absolute Gasteiger partial charge is 0.415 e. The Hall–Kier alpha value is -4.99. The van der Waals surface area contributed by atoms with Crippen molar-refractivity contribution >= 4 is 23.6 Å². The molecule has 0 radical (unpaired) electrons. The zero-order valence-electron chi connectivity index (χ0n) is 40.2. The highest BCUT2D eigenvalue weighted by molar-refractivity contribution is 6.03. The van der Waals surface area contributed by atoms with Gasteiger partial charge in [0.05, 0.1) is 23.2 Å². The van der Waals surface area contributed by atoms with Crippen molar-refractivity contribution < 1.29 is 48.5 Å². The van der Waals surface area contributed by atoms with Crippen molar-refractivity contribution in [3.05, 3.63) is 82.4 Å². The largest absolute Gasteiger partial charge is 0.459 e. The van der Waals surface area contributed by atoms with E-state index in [1.54, 1.807) is 23.1 Å². The first-order valence-electron chi connectivity index (χ1n) is 25.0. The summed E-state index contributed by atoms with van der Waals surface area (Å²) >= 11 is 0. The van der Waals surface area contributed by atoms with Crippen LogP contribution in [0.5, 0.6) is 17.2 Å². The Morgan fingerprint density at radius 2 is 1.57 bits per heavy atom. The number of aliphatic hydroxyl groups is 2. The number of amides is 2. The molecule has 1 saturated carbocycles. The van der Waals surface area contributed by atoms with Gasteiger partial charge in [-0.05, 0) is 93.2 Å². The third kappa shape index (κ3) is 14.3. The molecule has 2 aliphatic carbocycles. The maximum atomic E-state index is 14.6. The van der Waals surface area contributed by atoms with E-state index < -0.39 is 34.9 Å². The number of nitro benzene ring substituents is 1. The van der Waals surface area contributed by atoms with E-state index in [-0.39, 0.29) is 62.0 Å². The number of nitro groups is 1. The van der Waals surface area contributed by atoms with Crippen molar-refractivity contribution in [1.29, 1.82) is 0 Å². The first-order chi connectivity index (χ1) is 32.7. The summed E-state index contributed by atoms with van der Waals surface area (Å²) in [5.41, 5.74) is 2.19. The number of nitrogens with one attached hydrogen (secondary N) is 1. The number of nitrogens with zero attached hydrogens (tertiary/aromatic N) is 3. The highest BCUT2D eigenvalue weighted by Gasteiger charge is 2.65. The fraction of sp³-hybridized carbons (Fsp3) is 0.635. The van der Waals surface area contributed by atoms with Crippen LogP contribution in [0, 0.1) is 27.9 Å². The van der Waals surface area contributed by atoms with Gasteiger partial charge in [-0.15, -0.1) is 6.58 Å². The van der Waals surface area contributed by atoms with Gasteiger partial charge in [-0.1, -0.05) is 102 Å². The monoisotopic (exact) mass is 933 g/mol. The molecule has 1 aliphatic heterocycles. The van der Waals surface area contributed by atoms with Gasteiger partial charge in [0, 0.05) is 56.3 Å². The zero-order chi connectivity index (χ0) is 48.0. The van der Waals surface area contributed by atoms with Crippen molar-refractivity contribution in [3.8, 4) is 17.2 Å². The molecule has 370 valence electrons. The van der Waals surface area contributed by atoms with Gasteiger partial charge in [0.15, 0.2) is 0 Å². The second-order valence-electron chi connectivity index (χ2n) is 18.0. The molecule has 2 aromatic carbocycles. The molecule has 1 heterocycles. The Bertz CT molecular complexity index is 1940. The predicted octanol–water partition coefficient (Wildman–Crippen LogP) is 11.2. The van der Waals surface area contributed by atoms with Gasteiger partial charge < -0.3 is 39.3 Å². The summed E-state index contributed by atoms with van der Waals surface area (Å²) < 4.78 is 26.2. The molecule has 2 amide bonds. The topological polar surface area (TPSA) is 192 Å². The lowest BCUT2D eigenvalue weighted by Crippen LogP contribution is -2.70. The Morgan fingerprint density at radius 3 is 2.21 bits per heavy atom. The van der Waals surface area contributed by atoms with Crippen molar-refractivity contribution in [2.45, 2.75) is 154 Å². The molecule has 0 bridgehead atoms. The molecular weight excluding hydrogens is 857 g/mol. The molecule has 6 atom stereocenters. The number of allylic oxidation sites excluding steroid dienone is 1. The second kappa shape index (κ2) is 27.7. The summed E-state index contributed by atoms with van der Waals surface area (Å²) in [5, 5.41) is 38.9. The molecule has 15 nitrogen and oxygen atoms in total. The highest BCUT2D eigenvalue weighted by Crippen LogP contribution is 2.62. The number of hydrogen-bond acceptors (Lipinski definition) is 12. The number of rotatable bonds is 30. The fourth-order valence-corrected chi connectivity index (χ4v) is 10.2. The summed E-state index contributed by atoms with van der Waals surface area (Å²) in [5.74, 6) is -1.43. The van der Waals surface area contributed by atoms with Crippen LogP contribution in [-0.2, 0) is 9.57 Å². The van der Waals surface area contributed by atoms with Crippen molar-refractivity contribution in [2.75, 3.05) is 39.5 Å². The maximum absolute atomic E-state index is 14.6. The van der Waals surface area contributed by atoms with E-state index in [0.717, 1.165) is 56.1 Å². The molecular formula is C52H76N4O11. The minimum atomic E-state index is -1.52. The second-order valence-corrected chi connectivity index (χ2v) is 18.0. The number of hydrogen-bond donors (Lipinski definition) is 3. The average molecular weight is 933 g/mol. The van der Waals surface area contributed by atoms with Crippen molar-refractivity contribution in [3.63, 3.8) is 0 Å². The number of carbonyl (C=O) groups is 2. The molecule has 2 aromatic rings. The first kappa shape index (κ1) is 53.0. The molecule has 0 aromatic heterocycles. The van der Waals surface area contributed by atoms with Crippen LogP contribution >= 0.6 is 0 Å². The Labute approximate surface area is 397 Å². The van der Waals surface area contributed by atoms with Gasteiger partial charge in [0.1, 0.15) is 29.9 Å². The van der Waals surface area contributed by atoms with Crippen LogP contribution in [0.2, 0.25) is 0 Å². The summed E-state index contributed by atoms with van der Waals surface area (Å²) in [4.78, 5) is 46.2. The number of unbranched alkanes of at least 4 members (excludes halogenated alkanes) is 11. The van der Waals surface area contributed by atoms with Gasteiger partial charge in [0.25, 0.3) is 5.69 Å². The molecule has 15 heteroatoms. The predicted molar refractivity (Wildman–Crippen MR) is 259 cm³/mol. The Morgan fingerprint density at radius 1 is 0.896 bits per heavy atom. The summed E-state index contributed by atoms with van der Waals surface area (Å²) in [7, 11) is 0. The minimum absolute atomic E-state index is 0.0145. The lowest BCUT2D eigenvalue weighted by Gasteiger charge is -2.59. The summed E-state index contributed by atoms with van der Waals surface area (Å²) in [6, 6.07) is 9.94. The zero-order valence-corrected chi connectivity index (χ0v) is 40.2. The summed E-state index contributed by atoms with van der Waals surface area (Å²) in [6.45, 7) is 11.3. The number of aliphatic hydroxyl groups excluding tert-OH is 2. The molecule has 3 aliphatic rings. The van der Waals surface area contributed by atoms with Crippen molar-refractivity contribution in [1.82, 2.24) is 10.2 Å². The van der Waals surface area contributed by atoms with Crippen LogP contribution in [-0.4, -0.2) is 89.3 Å². The molecule has 3 N–H and O–H groups in total. The number of oxime groups is 1. The van der Waals surface area contributed by atoms with Crippen LogP contribution in [0.3, 0.4) is 0 Å². The van der Waals surface area contributed by atoms with E-state index >= 15 is 0 Å². The molecule has 0 unspecified atom stereocenters. The standard InChI is InChI=1S/C52H76N4O11/c1-5-9-10-11-12-13-14-15-16-19-30-53-50(59)65-41-28-29-46-44(36-41)48-42(23-18-21-33-58)38(22-17-20-32-57)35-43-45(54-64-8-4)37-47(52(67-46,49(43)48)63-34-7-3)55(31-6-2)51(60)66-40-26-24-39(25-27-40)56(61)62/h7,24-29,35-36,38,42,47-49,57-58H,3,5-6,8-23,30-34,37H2,1-2,4H3,(H,53,59)/t38-,42+,47-,48+,49+,52+/m0/s1. The van der Waals surface area contributed by atoms with E-state index in [1.165, 1.54) is 69.2 Å². The number of non-ortho nitro benzene ring substituents is 1. The molecule has 0 spiro atoms. The minimum Gasteiger partial charge on any atom is -0.459 e. The van der Waals surface area contributed by atoms with Crippen LogP contribution in [0.1, 0.15) is 148 Å². The summed E-state index contributed by atoms with van der Waals surface area (Å²) in [6.07, 6.45) is 19.7. The van der Waals surface area contributed by atoms with Gasteiger partial charge in [0.2, 0.25) is 5.79 Å². The molecule has 5 rings (SSSR count). The molecule has 67 heavy (non-hydrogen) atoms. The third-order valence-electron chi connectivity index (χ3n) is 13.3. The molecule has 1 fully saturated rings. The normalized spacial score (nSPS) is 22.1.